The van der Waals surface area contributed by atoms with E-state index in [1.165, 1.54) is 11.1 Å². The summed E-state index contributed by atoms with van der Waals surface area (Å²) >= 11 is 0. The van der Waals surface area contributed by atoms with Gasteiger partial charge in [0.15, 0.2) is 0 Å². The largest absolute Gasteiger partial charge is 0.509 e. The predicted molar refractivity (Wildman–Crippen MR) is 297 cm³/mol. The summed E-state index contributed by atoms with van der Waals surface area (Å²) in [5.74, 6) is 1.11. The zero-order chi connectivity index (χ0) is 51.8. The summed E-state index contributed by atoms with van der Waals surface area (Å²) in [4.78, 5) is 9.23. The molecule has 0 unspecified atom stereocenters. The van der Waals surface area contributed by atoms with Gasteiger partial charge in [0.05, 0.1) is 0 Å². The number of hydrogen-bond donors (Lipinski definition) is 0. The van der Waals surface area contributed by atoms with E-state index in [1.54, 1.807) is 0 Å². The van der Waals surface area contributed by atoms with Crippen molar-refractivity contribution in [3.05, 3.63) is 224 Å². The van der Waals surface area contributed by atoms with Crippen LogP contribution >= 0.6 is 0 Å². The number of anilines is 4. The summed E-state index contributed by atoms with van der Waals surface area (Å²) in [5, 5.41) is 2.04. The van der Waals surface area contributed by atoms with Crippen LogP contribution in [0.5, 0.6) is 11.5 Å². The second-order valence-electron chi connectivity index (χ2n) is 21.6. The van der Waals surface area contributed by atoms with Crippen LogP contribution in [0, 0.1) is 18.8 Å². The molecule has 0 aliphatic carbocycles. The van der Waals surface area contributed by atoms with Crippen LogP contribution in [0.1, 0.15) is 83.1 Å². The average Bonchev–Trinajstić information content (AvgIpc) is 3.94. The third-order valence-electron chi connectivity index (χ3n) is 13.6. The smallest absolute Gasteiger partial charge is 0.135 e. The molecule has 0 N–H and O–H groups in total. The van der Waals surface area contributed by atoms with Gasteiger partial charge in [-0.2, -0.15) is 12.1 Å². The van der Waals surface area contributed by atoms with Gasteiger partial charge in [0.1, 0.15) is 5.82 Å². The molecule has 0 atom stereocenters. The quantitative estimate of drug-likeness (QED) is 0.142. The predicted octanol–water partition coefficient (Wildman–Crippen LogP) is 17.9. The van der Waals surface area contributed by atoms with Gasteiger partial charge in [-0.25, -0.2) is 4.98 Å². The Morgan fingerprint density at radius 3 is 1.76 bits per heavy atom. The molecule has 8 aromatic carbocycles. The van der Waals surface area contributed by atoms with E-state index >= 15 is 0 Å². The Morgan fingerprint density at radius 1 is 0.528 bits per heavy atom. The van der Waals surface area contributed by atoms with E-state index in [4.69, 9.17) is 9.72 Å². The molecule has 1 aliphatic heterocycles. The van der Waals surface area contributed by atoms with Gasteiger partial charge in [-0.05, 0) is 82.0 Å². The summed E-state index contributed by atoms with van der Waals surface area (Å²) in [6.07, 6.45) is 1.98. The van der Waals surface area contributed by atoms with E-state index in [0.29, 0.717) is 5.75 Å². The molecule has 0 bridgehead atoms. The first-order valence-electron chi connectivity index (χ1n) is 26.0. The Labute approximate surface area is 444 Å². The first kappa shape index (κ1) is 44.7. The molecule has 1 aliphatic rings. The topological polar surface area (TPSA) is 33.5 Å². The number of ether oxygens (including phenoxy) is 1. The first-order valence-corrected chi connectivity index (χ1v) is 24.5. The number of aromatic nitrogens is 2. The number of nitrogens with zero attached hydrogens (tertiary/aromatic N) is 4. The maximum absolute atomic E-state index is 9.41. The van der Waals surface area contributed by atoms with Gasteiger partial charge in [-0.15, -0.1) is 48.0 Å². The molecule has 6 heteroatoms. The Bertz CT molecular complexity index is 3780. The summed E-state index contributed by atoms with van der Waals surface area (Å²) in [5.41, 5.74) is 14.4. The Hall–Kier alpha value is -7.20. The summed E-state index contributed by atoms with van der Waals surface area (Å²) < 4.78 is 36.7. The number of hydrogen-bond acceptors (Lipinski definition) is 4. The van der Waals surface area contributed by atoms with Gasteiger partial charge in [0.2, 0.25) is 0 Å². The van der Waals surface area contributed by atoms with Crippen LogP contribution in [0.25, 0.3) is 61.0 Å². The van der Waals surface area contributed by atoms with Crippen LogP contribution in [0.15, 0.2) is 188 Å². The van der Waals surface area contributed by atoms with Gasteiger partial charge >= 0.3 is 0 Å². The fraction of sp³-hybridized carbons (Fsp3) is 0.182. The summed E-state index contributed by atoms with van der Waals surface area (Å²) in [6, 6.07) is 63.1. The van der Waals surface area contributed by atoms with E-state index in [-0.39, 0.29) is 66.9 Å². The van der Waals surface area contributed by atoms with Crippen molar-refractivity contribution < 1.29 is 29.9 Å². The minimum absolute atomic E-state index is 0. The van der Waals surface area contributed by atoms with E-state index < -0.39 is 0 Å². The average molecular weight is 1120 g/mol. The van der Waals surface area contributed by atoms with Crippen LogP contribution < -0.4 is 14.5 Å². The van der Waals surface area contributed by atoms with Crippen molar-refractivity contribution in [1.82, 2.24) is 9.55 Å². The van der Waals surface area contributed by atoms with Crippen LogP contribution in [-0.2, 0) is 37.3 Å². The molecule has 3 heterocycles. The van der Waals surface area contributed by atoms with Crippen molar-refractivity contribution in [3.63, 3.8) is 0 Å². The minimum Gasteiger partial charge on any atom is -0.509 e. The van der Waals surface area contributed by atoms with Crippen LogP contribution in [0.2, 0.25) is 0 Å². The number of benzene rings is 8. The standard InChI is InChI=1S/C66H59N4O.Pt/c1-64(2,3)47-32-30-46(31-33-47)53-27-19-26-52(44-20-12-10-13-21-44)63(53)69-43-68(59-28-16-17-29-60(59)69)49-24-18-25-50(39-49)71-51-35-36-54-55-38-48(65(4,5)6)34-37-58(55)70(61(54)40-51)62-41-57(66(7,8)9)56(42-67-62)45-22-14-11-15-23-45;/h10-38,41-43H,1-9H3;/q-3;/i18D,24D,25D;. The fourth-order valence-corrected chi connectivity index (χ4v) is 9.83. The molecule has 0 saturated heterocycles. The second kappa shape index (κ2) is 18.8. The molecular formula is C66H59N4OPt-3. The fourth-order valence-electron chi connectivity index (χ4n) is 9.83. The maximum atomic E-state index is 9.41. The first-order chi connectivity index (χ1) is 35.3. The molecule has 362 valence electrons. The van der Waals surface area contributed by atoms with E-state index in [9.17, 15) is 4.11 Å². The summed E-state index contributed by atoms with van der Waals surface area (Å²) in [6.45, 7) is 22.0. The molecular weight excluding hydrogens is 1060 g/mol. The monoisotopic (exact) mass is 1120 g/mol. The van der Waals surface area contributed by atoms with Gasteiger partial charge < -0.3 is 19.1 Å². The van der Waals surface area contributed by atoms with Crippen LogP contribution in [0.3, 0.4) is 0 Å². The third-order valence-corrected chi connectivity index (χ3v) is 13.6. The molecule has 0 spiro atoms. The normalized spacial score (nSPS) is 13.4. The Kier molecular flexibility index (Phi) is 11.7. The molecule has 72 heavy (non-hydrogen) atoms. The number of rotatable bonds is 8. The van der Waals surface area contributed by atoms with Gasteiger partial charge in [0, 0.05) is 79.4 Å². The van der Waals surface area contributed by atoms with Crippen molar-refractivity contribution in [1.29, 1.82) is 0 Å². The number of fused-ring (bicyclic) bond motifs is 4. The molecule has 0 amide bonds. The number of para-hydroxylation sites is 3. The molecule has 0 saturated carbocycles. The van der Waals surface area contributed by atoms with Crippen molar-refractivity contribution in [2.75, 3.05) is 9.80 Å². The molecule has 10 aromatic rings. The van der Waals surface area contributed by atoms with Crippen LogP contribution in [0.4, 0.5) is 22.7 Å². The van der Waals surface area contributed by atoms with Crippen molar-refractivity contribution in [2.45, 2.75) is 78.6 Å². The SMILES string of the molecule is [2H]c1c(Oc2[c-]c3c(cc2)c2cc(C(C)(C)C)ccc2n3-c2cc(C(C)(C)C)c(-c3ccccc3)cn2)[c-]c(N2[CH-]N(c3c(-c4ccccc4)cccc3-c3ccc(C(C)(C)C)cc3)c3ccccc32)c([2H])c1[2H].[Pt]. The second-order valence-corrected chi connectivity index (χ2v) is 21.6. The van der Waals surface area contributed by atoms with Gasteiger partial charge in [0.25, 0.3) is 0 Å². The van der Waals surface area contributed by atoms with Gasteiger partial charge in [-0.3, -0.25) is 0 Å². The number of pyridine rings is 1. The minimum atomic E-state index is -0.273. The van der Waals surface area contributed by atoms with E-state index in [2.05, 4.69) is 205 Å². The Balaban J connectivity index is 0.00000641. The zero-order valence-electron chi connectivity index (χ0n) is 45.3. The Morgan fingerprint density at radius 2 is 1.12 bits per heavy atom. The molecule has 2 aromatic heterocycles. The zero-order valence-corrected chi connectivity index (χ0v) is 44.5. The van der Waals surface area contributed by atoms with E-state index in [0.717, 1.165) is 83.6 Å². The molecule has 0 radical (unpaired) electrons. The van der Waals surface area contributed by atoms with Crippen molar-refractivity contribution in [3.8, 4) is 50.7 Å². The molecule has 11 rings (SSSR count). The maximum Gasteiger partial charge on any atom is 0.135 e. The third kappa shape index (κ3) is 9.05. The van der Waals surface area contributed by atoms with Crippen molar-refractivity contribution in [2.24, 2.45) is 0 Å². The van der Waals surface area contributed by atoms with Gasteiger partial charge in [-0.1, -0.05) is 195 Å². The van der Waals surface area contributed by atoms with Crippen LogP contribution in [-0.4, -0.2) is 9.55 Å². The van der Waals surface area contributed by atoms with Crippen molar-refractivity contribution >= 4 is 44.6 Å². The molecule has 5 nitrogen and oxygen atoms in total. The molecule has 0 fully saturated rings. The summed E-state index contributed by atoms with van der Waals surface area (Å²) in [7, 11) is 0. The van der Waals surface area contributed by atoms with E-state index in [1.807, 2.05) is 60.2 Å².